The van der Waals surface area contributed by atoms with Crippen LogP contribution in [0.5, 0.6) is 0 Å². The van der Waals surface area contributed by atoms with Crippen molar-refractivity contribution in [2.45, 2.75) is 26.2 Å². The van der Waals surface area contributed by atoms with E-state index < -0.39 is 36.2 Å². The predicted octanol–water partition coefficient (Wildman–Crippen LogP) is -0.585. The van der Waals surface area contributed by atoms with E-state index in [1.807, 2.05) is 0 Å². The molecule has 6 amide bonds. The molecule has 2 atom stereocenters. The van der Waals surface area contributed by atoms with Crippen LogP contribution in [-0.4, -0.2) is 83.5 Å². The number of methoxy groups -OCH3 is 2. The monoisotopic (exact) mass is 314 g/mol. The number of ether oxygens (including phenoxy) is 2. The Bertz CT molecular complexity index is 482. The van der Waals surface area contributed by atoms with Crippen molar-refractivity contribution in [2.75, 3.05) is 27.7 Å². The van der Waals surface area contributed by atoms with Crippen LogP contribution < -0.4 is 0 Å². The average molecular weight is 314 g/mol. The van der Waals surface area contributed by atoms with Gasteiger partial charge in [0.15, 0.2) is 12.3 Å². The first-order valence-electron chi connectivity index (χ1n) is 6.55. The van der Waals surface area contributed by atoms with Gasteiger partial charge in [0.2, 0.25) is 11.8 Å². The van der Waals surface area contributed by atoms with Gasteiger partial charge in [0.25, 0.3) is 0 Å². The lowest BCUT2D eigenvalue weighted by atomic mass is 10.3. The Labute approximate surface area is 127 Å². The molecular weight excluding hydrogens is 296 g/mol. The molecule has 0 aromatic carbocycles. The number of fused-ring (bicyclic) bond motifs is 1. The molecule has 10 nitrogen and oxygen atoms in total. The van der Waals surface area contributed by atoms with Crippen LogP contribution in [0.25, 0.3) is 0 Å². The topological polar surface area (TPSA) is 99.7 Å². The molecule has 2 rings (SSSR count). The fraction of sp³-hybridized carbons (Fsp3) is 0.667. The first-order chi connectivity index (χ1) is 10.4. The van der Waals surface area contributed by atoms with Crippen molar-refractivity contribution < 1.29 is 28.7 Å². The second-order valence-electron chi connectivity index (χ2n) is 4.95. The maximum atomic E-state index is 12.4. The highest BCUT2D eigenvalue weighted by atomic mass is 16.5. The van der Waals surface area contributed by atoms with Gasteiger partial charge in [-0.15, -0.1) is 0 Å². The Morgan fingerprint density at radius 2 is 1.23 bits per heavy atom. The van der Waals surface area contributed by atoms with Crippen LogP contribution in [0.3, 0.4) is 0 Å². The summed E-state index contributed by atoms with van der Waals surface area (Å²) in [5, 5.41) is 0. The van der Waals surface area contributed by atoms with Crippen LogP contribution in [0, 0.1) is 0 Å². The van der Waals surface area contributed by atoms with Crippen molar-refractivity contribution in [1.82, 2.24) is 19.6 Å². The van der Waals surface area contributed by atoms with Crippen molar-refractivity contribution >= 4 is 23.9 Å². The number of hydrogen-bond donors (Lipinski definition) is 0. The largest absolute Gasteiger partial charge is 0.364 e. The van der Waals surface area contributed by atoms with Gasteiger partial charge in [-0.05, 0) is 0 Å². The molecule has 10 heteroatoms. The highest BCUT2D eigenvalue weighted by Gasteiger charge is 2.61. The van der Waals surface area contributed by atoms with Crippen LogP contribution in [0.4, 0.5) is 9.59 Å². The van der Waals surface area contributed by atoms with Gasteiger partial charge in [-0.25, -0.2) is 19.4 Å². The van der Waals surface area contributed by atoms with Crippen molar-refractivity contribution in [2.24, 2.45) is 0 Å². The lowest BCUT2D eigenvalue weighted by Gasteiger charge is -2.26. The Hall–Kier alpha value is -2.20. The van der Waals surface area contributed by atoms with Crippen molar-refractivity contribution in [3.8, 4) is 0 Å². The molecule has 0 N–H and O–H groups in total. The fourth-order valence-electron chi connectivity index (χ4n) is 2.78. The van der Waals surface area contributed by atoms with Crippen molar-refractivity contribution in [1.29, 1.82) is 0 Å². The molecule has 0 aromatic rings. The molecule has 2 aliphatic rings. The van der Waals surface area contributed by atoms with Gasteiger partial charge in [0.05, 0.1) is 0 Å². The zero-order chi connectivity index (χ0) is 16.6. The van der Waals surface area contributed by atoms with Gasteiger partial charge in [-0.1, -0.05) is 0 Å². The molecule has 0 aliphatic carbocycles. The summed E-state index contributed by atoms with van der Waals surface area (Å²) in [6, 6.07) is -1.24. The minimum atomic E-state index is -0.934. The maximum absolute atomic E-state index is 12.4. The molecule has 2 saturated heterocycles. The van der Waals surface area contributed by atoms with E-state index >= 15 is 0 Å². The van der Waals surface area contributed by atoms with Crippen LogP contribution in [-0.2, 0) is 19.1 Å². The van der Waals surface area contributed by atoms with E-state index in [0.717, 1.165) is 9.80 Å². The van der Waals surface area contributed by atoms with Gasteiger partial charge >= 0.3 is 12.1 Å². The summed E-state index contributed by atoms with van der Waals surface area (Å²) in [6.45, 7) is 2.16. The maximum Gasteiger partial charge on any atom is 0.337 e. The molecule has 0 bridgehead atoms. The number of imide groups is 2. The number of urea groups is 2. The molecule has 0 saturated carbocycles. The number of nitrogens with zero attached hydrogens (tertiary/aromatic N) is 4. The molecular formula is C12H18N4O6. The van der Waals surface area contributed by atoms with E-state index in [2.05, 4.69) is 0 Å². The first-order valence-corrected chi connectivity index (χ1v) is 6.55. The second kappa shape index (κ2) is 5.89. The zero-order valence-electron chi connectivity index (χ0n) is 12.8. The van der Waals surface area contributed by atoms with Gasteiger partial charge in [-0.3, -0.25) is 19.4 Å². The fourth-order valence-corrected chi connectivity index (χ4v) is 2.78. The molecule has 0 spiro atoms. The van der Waals surface area contributed by atoms with E-state index in [4.69, 9.17) is 9.47 Å². The summed E-state index contributed by atoms with van der Waals surface area (Å²) >= 11 is 0. The van der Waals surface area contributed by atoms with Crippen molar-refractivity contribution in [3.63, 3.8) is 0 Å². The molecule has 122 valence electrons. The number of carbonyl (C=O) groups excluding carboxylic acids is 4. The van der Waals surface area contributed by atoms with E-state index in [9.17, 15) is 19.2 Å². The highest BCUT2D eigenvalue weighted by molar-refractivity contribution is 6.05. The molecule has 2 unspecified atom stereocenters. The SMILES string of the molecule is COCN1C(=O)N(COC)C2C1N(C(C)=O)C(=O)N2C(C)=O. The smallest absolute Gasteiger partial charge is 0.337 e. The van der Waals surface area contributed by atoms with Crippen LogP contribution >= 0.6 is 0 Å². The number of hydrogen-bond acceptors (Lipinski definition) is 6. The summed E-state index contributed by atoms with van der Waals surface area (Å²) < 4.78 is 9.95. The lowest BCUT2D eigenvalue weighted by molar-refractivity contribution is -0.131. The Morgan fingerprint density at radius 3 is 1.50 bits per heavy atom. The average Bonchev–Trinajstić information content (AvgIpc) is 2.85. The van der Waals surface area contributed by atoms with Gasteiger partial charge in [0.1, 0.15) is 13.5 Å². The normalized spacial score (nSPS) is 24.4. The minimum absolute atomic E-state index is 0.122. The van der Waals surface area contributed by atoms with E-state index in [-0.39, 0.29) is 13.5 Å². The van der Waals surface area contributed by atoms with Crippen molar-refractivity contribution in [3.05, 3.63) is 0 Å². The third-order valence-electron chi connectivity index (χ3n) is 3.55. The second-order valence-corrected chi connectivity index (χ2v) is 4.95. The molecule has 0 aromatic heterocycles. The zero-order valence-corrected chi connectivity index (χ0v) is 12.8. The third kappa shape index (κ3) is 2.20. The highest BCUT2D eigenvalue weighted by Crippen LogP contribution is 2.35. The minimum Gasteiger partial charge on any atom is -0.364 e. The first kappa shape index (κ1) is 16.2. The van der Waals surface area contributed by atoms with Gasteiger partial charge in [0, 0.05) is 28.1 Å². The Balaban J connectivity index is 2.51. The van der Waals surface area contributed by atoms with E-state index in [0.29, 0.717) is 0 Å². The summed E-state index contributed by atoms with van der Waals surface area (Å²) in [4.78, 5) is 52.7. The molecule has 2 fully saturated rings. The Kier molecular flexibility index (Phi) is 4.33. The Morgan fingerprint density at radius 1 is 0.864 bits per heavy atom. The van der Waals surface area contributed by atoms with E-state index in [1.54, 1.807) is 0 Å². The molecule has 2 heterocycles. The molecule has 0 radical (unpaired) electrons. The van der Waals surface area contributed by atoms with Gasteiger partial charge < -0.3 is 9.47 Å². The van der Waals surface area contributed by atoms with Crippen LogP contribution in [0.2, 0.25) is 0 Å². The quantitative estimate of drug-likeness (QED) is 0.688. The summed E-state index contributed by atoms with van der Waals surface area (Å²) in [5.74, 6) is -1.12. The van der Waals surface area contributed by atoms with E-state index in [1.165, 1.54) is 37.9 Å². The molecule has 2 aliphatic heterocycles. The molecule has 22 heavy (non-hydrogen) atoms. The lowest BCUT2D eigenvalue weighted by Crippen LogP contribution is -2.49. The van der Waals surface area contributed by atoms with Crippen LogP contribution in [0.1, 0.15) is 13.8 Å². The third-order valence-corrected chi connectivity index (χ3v) is 3.55. The van der Waals surface area contributed by atoms with Gasteiger partial charge in [-0.2, -0.15) is 0 Å². The standard InChI is InChI=1S/C12H18N4O6/c1-7(17)15-9-10(16(8(2)18)12(15)20)14(6-22-4)11(19)13(9)5-21-3/h9-10H,5-6H2,1-4H3. The number of amides is 6. The summed E-state index contributed by atoms with van der Waals surface area (Å²) in [5.41, 5.74) is 0. The predicted molar refractivity (Wildman–Crippen MR) is 70.8 cm³/mol. The summed E-state index contributed by atoms with van der Waals surface area (Å²) in [7, 11) is 2.78. The summed E-state index contributed by atoms with van der Waals surface area (Å²) in [6.07, 6.45) is -1.87. The number of carbonyl (C=O) groups is 4. The van der Waals surface area contributed by atoms with Crippen LogP contribution in [0.15, 0.2) is 0 Å². The number of rotatable bonds is 4.